The minimum absolute atomic E-state index is 0.746. The van der Waals surface area contributed by atoms with E-state index in [1.807, 2.05) is 31.1 Å². The highest BCUT2D eigenvalue weighted by molar-refractivity contribution is 5.70. The summed E-state index contributed by atoms with van der Waals surface area (Å²) in [5.41, 5.74) is 1.74. The molecule has 0 saturated heterocycles. The number of pyridine rings is 1. The van der Waals surface area contributed by atoms with Crippen molar-refractivity contribution in [3.05, 3.63) is 36.7 Å². The summed E-state index contributed by atoms with van der Waals surface area (Å²) in [6.45, 7) is 3.84. The topological polar surface area (TPSA) is 28.5 Å². The first-order valence-electron chi connectivity index (χ1n) is 4.00. The van der Waals surface area contributed by atoms with Crippen LogP contribution in [0.1, 0.15) is 5.56 Å². The van der Waals surface area contributed by atoms with Gasteiger partial charge in [0.25, 0.3) is 0 Å². The molecule has 0 aliphatic rings. The molecule has 0 spiro atoms. The van der Waals surface area contributed by atoms with Gasteiger partial charge in [-0.2, -0.15) is 0 Å². The molecule has 3 heteroatoms. The second kappa shape index (κ2) is 4.40. The Kier molecular flexibility index (Phi) is 3.20. The van der Waals surface area contributed by atoms with Gasteiger partial charge in [0, 0.05) is 32.1 Å². The van der Waals surface area contributed by atoms with Crippen molar-refractivity contribution in [2.45, 2.75) is 0 Å². The quantitative estimate of drug-likeness (QED) is 0.516. The zero-order chi connectivity index (χ0) is 9.68. The van der Waals surface area contributed by atoms with Crippen LogP contribution in [0.25, 0.3) is 5.70 Å². The summed E-state index contributed by atoms with van der Waals surface area (Å²) in [4.78, 5) is 9.96. The number of hydrogen-bond donors (Lipinski definition) is 0. The third-order valence-corrected chi connectivity index (χ3v) is 1.46. The normalized spacial score (nSPS) is 10.3. The van der Waals surface area contributed by atoms with Crippen LogP contribution >= 0.6 is 0 Å². The first kappa shape index (κ1) is 9.45. The van der Waals surface area contributed by atoms with E-state index in [-0.39, 0.29) is 0 Å². The summed E-state index contributed by atoms with van der Waals surface area (Å²) in [6, 6.07) is 3.77. The van der Waals surface area contributed by atoms with E-state index in [0.717, 1.165) is 11.3 Å². The van der Waals surface area contributed by atoms with Gasteiger partial charge in [-0.05, 0) is 12.1 Å². The van der Waals surface area contributed by atoms with Crippen LogP contribution in [0.4, 0.5) is 0 Å². The van der Waals surface area contributed by atoms with Crippen molar-refractivity contribution in [3.8, 4) is 0 Å². The summed E-state index contributed by atoms with van der Waals surface area (Å²) in [5.74, 6) is 0. The molecule has 13 heavy (non-hydrogen) atoms. The van der Waals surface area contributed by atoms with Gasteiger partial charge in [0.2, 0.25) is 0 Å². The Bertz CT molecular complexity index is 301. The zero-order valence-electron chi connectivity index (χ0n) is 7.94. The van der Waals surface area contributed by atoms with Crippen LogP contribution < -0.4 is 0 Å². The van der Waals surface area contributed by atoms with E-state index in [0.29, 0.717) is 0 Å². The van der Waals surface area contributed by atoms with Gasteiger partial charge in [0.1, 0.15) is 0 Å². The average Bonchev–Trinajstić information content (AvgIpc) is 2.15. The number of nitrogens with zero attached hydrogens (tertiary/aromatic N) is 3. The van der Waals surface area contributed by atoms with E-state index >= 15 is 0 Å². The Morgan fingerprint density at radius 3 is 2.62 bits per heavy atom. The number of aliphatic imine (C=N–C) groups is 1. The molecule has 1 aromatic heterocycles. The van der Waals surface area contributed by atoms with Crippen LogP contribution in [0.3, 0.4) is 0 Å². The number of rotatable bonds is 3. The Hall–Kier alpha value is -1.64. The minimum atomic E-state index is 0.746. The van der Waals surface area contributed by atoms with E-state index in [4.69, 9.17) is 0 Å². The largest absolute Gasteiger partial charge is 0.369 e. The molecule has 0 fully saturated rings. The molecule has 1 aromatic rings. The lowest BCUT2D eigenvalue weighted by molar-refractivity contribution is 0.643. The van der Waals surface area contributed by atoms with Crippen molar-refractivity contribution in [2.75, 3.05) is 14.1 Å². The molecule has 3 nitrogen and oxygen atoms in total. The number of hydrogen-bond acceptors (Lipinski definition) is 2. The van der Waals surface area contributed by atoms with Crippen LogP contribution in [-0.4, -0.2) is 30.3 Å². The molecule has 0 atom stereocenters. The average molecular weight is 175 g/mol. The van der Waals surface area contributed by atoms with E-state index in [2.05, 4.69) is 16.6 Å². The lowest BCUT2D eigenvalue weighted by Crippen LogP contribution is -2.07. The number of aromatic nitrogens is 1. The van der Waals surface area contributed by atoms with E-state index in [1.165, 1.54) is 0 Å². The van der Waals surface area contributed by atoms with Gasteiger partial charge < -0.3 is 4.90 Å². The van der Waals surface area contributed by atoms with Crippen LogP contribution in [-0.2, 0) is 0 Å². The van der Waals surface area contributed by atoms with Crippen molar-refractivity contribution in [3.63, 3.8) is 0 Å². The van der Waals surface area contributed by atoms with Crippen molar-refractivity contribution < 1.29 is 0 Å². The Balaban J connectivity index is 2.70. The van der Waals surface area contributed by atoms with Gasteiger partial charge in [0.15, 0.2) is 0 Å². The Morgan fingerprint density at radius 1 is 1.46 bits per heavy atom. The fourth-order valence-electron chi connectivity index (χ4n) is 0.804. The zero-order valence-corrected chi connectivity index (χ0v) is 7.94. The third-order valence-electron chi connectivity index (χ3n) is 1.46. The molecule has 0 amide bonds. The minimum Gasteiger partial charge on any atom is -0.369 e. The Labute approximate surface area is 78.4 Å². The fraction of sp³-hybridized carbons (Fsp3) is 0.200. The maximum Gasteiger partial charge on any atom is 0.0907 e. The van der Waals surface area contributed by atoms with Crippen LogP contribution in [0.2, 0.25) is 0 Å². The van der Waals surface area contributed by atoms with Crippen molar-refractivity contribution >= 4 is 12.0 Å². The Morgan fingerprint density at radius 2 is 2.08 bits per heavy atom. The maximum absolute atomic E-state index is 4.17. The van der Waals surface area contributed by atoms with Crippen LogP contribution in [0.5, 0.6) is 0 Å². The second-order valence-electron chi connectivity index (χ2n) is 2.89. The standard InChI is InChI=1S/C10H13N3/c1-9(12-8-13(2)3)10-4-6-11-7-5-10/h4-8H,1H2,2-3H3/b12-8+. The van der Waals surface area contributed by atoms with Gasteiger partial charge >= 0.3 is 0 Å². The predicted octanol–water partition coefficient (Wildman–Crippen LogP) is 1.64. The van der Waals surface area contributed by atoms with Gasteiger partial charge in [-0.1, -0.05) is 6.58 Å². The smallest absolute Gasteiger partial charge is 0.0907 e. The lowest BCUT2D eigenvalue weighted by Gasteiger charge is -2.03. The molecule has 0 aromatic carbocycles. The maximum atomic E-state index is 4.17. The van der Waals surface area contributed by atoms with Gasteiger partial charge in [-0.25, -0.2) is 4.99 Å². The summed E-state index contributed by atoms with van der Waals surface area (Å²) < 4.78 is 0. The van der Waals surface area contributed by atoms with Gasteiger partial charge in [0.05, 0.1) is 12.0 Å². The molecule has 1 heterocycles. The molecule has 68 valence electrons. The summed E-state index contributed by atoms with van der Waals surface area (Å²) in [7, 11) is 3.84. The van der Waals surface area contributed by atoms with Crippen molar-refractivity contribution in [2.24, 2.45) is 4.99 Å². The lowest BCUT2D eigenvalue weighted by atomic mass is 10.2. The van der Waals surface area contributed by atoms with Crippen molar-refractivity contribution in [1.29, 1.82) is 0 Å². The molecule has 0 bridgehead atoms. The van der Waals surface area contributed by atoms with E-state index < -0.39 is 0 Å². The molecule has 0 aliphatic carbocycles. The SMILES string of the molecule is C=C(/N=C/N(C)C)c1ccncc1. The molecule has 0 N–H and O–H groups in total. The third kappa shape index (κ3) is 3.07. The molecule has 0 aliphatic heterocycles. The summed E-state index contributed by atoms with van der Waals surface area (Å²) in [5, 5.41) is 0. The highest BCUT2D eigenvalue weighted by atomic mass is 15.1. The molecule has 0 saturated carbocycles. The molecular weight excluding hydrogens is 162 g/mol. The molecular formula is C10H13N3. The molecule has 1 rings (SSSR count). The fourth-order valence-corrected chi connectivity index (χ4v) is 0.804. The van der Waals surface area contributed by atoms with E-state index in [9.17, 15) is 0 Å². The van der Waals surface area contributed by atoms with Crippen LogP contribution in [0, 0.1) is 0 Å². The van der Waals surface area contributed by atoms with Gasteiger partial charge in [-0.3, -0.25) is 4.98 Å². The van der Waals surface area contributed by atoms with E-state index in [1.54, 1.807) is 18.7 Å². The summed E-state index contributed by atoms with van der Waals surface area (Å²) in [6.07, 6.45) is 5.18. The highest BCUT2D eigenvalue weighted by Gasteiger charge is 1.93. The first-order valence-corrected chi connectivity index (χ1v) is 4.00. The molecule has 0 unspecified atom stereocenters. The van der Waals surface area contributed by atoms with Crippen LogP contribution in [0.15, 0.2) is 36.1 Å². The highest BCUT2D eigenvalue weighted by Crippen LogP contribution is 2.10. The monoisotopic (exact) mass is 175 g/mol. The first-order chi connectivity index (χ1) is 6.20. The summed E-state index contributed by atoms with van der Waals surface area (Å²) >= 11 is 0. The molecule has 0 radical (unpaired) electrons. The van der Waals surface area contributed by atoms with Crippen molar-refractivity contribution in [1.82, 2.24) is 9.88 Å². The second-order valence-corrected chi connectivity index (χ2v) is 2.89. The van der Waals surface area contributed by atoms with Gasteiger partial charge in [-0.15, -0.1) is 0 Å². The predicted molar refractivity (Wildman–Crippen MR) is 55.5 cm³/mol.